The molecular formula is C17H24N2O. The third-order valence-electron chi connectivity index (χ3n) is 4.45. The van der Waals surface area contributed by atoms with Crippen LogP contribution in [0.1, 0.15) is 31.2 Å². The number of hydrogen-bond acceptors (Lipinski definition) is 2. The second-order valence-corrected chi connectivity index (χ2v) is 5.81. The fraction of sp³-hybridized carbons (Fsp3) is 0.529. The first kappa shape index (κ1) is 13.5. The lowest BCUT2D eigenvalue weighted by Crippen LogP contribution is -2.27. The fourth-order valence-electron chi connectivity index (χ4n) is 3.42. The normalized spacial score (nSPS) is 16.1. The molecule has 3 rings (SSSR count). The summed E-state index contributed by atoms with van der Waals surface area (Å²) in [4.78, 5) is 0. The highest BCUT2D eigenvalue weighted by atomic mass is 16.5. The zero-order chi connectivity index (χ0) is 13.9. The molecule has 0 amide bonds. The molecule has 1 aliphatic carbocycles. The van der Waals surface area contributed by atoms with Gasteiger partial charge in [-0.3, -0.25) is 0 Å². The maximum absolute atomic E-state index is 5.47. The Kier molecular flexibility index (Phi) is 3.97. The minimum atomic E-state index is 0.750. The van der Waals surface area contributed by atoms with Crippen molar-refractivity contribution in [3.8, 4) is 5.75 Å². The second kappa shape index (κ2) is 5.88. The van der Waals surface area contributed by atoms with Crippen LogP contribution < -0.4 is 10.1 Å². The highest BCUT2D eigenvalue weighted by molar-refractivity contribution is 5.89. The van der Waals surface area contributed by atoms with Gasteiger partial charge in [0.1, 0.15) is 5.75 Å². The molecule has 2 aromatic rings. The number of hydrogen-bond donors (Lipinski definition) is 1. The molecule has 0 bridgehead atoms. The molecule has 3 nitrogen and oxygen atoms in total. The summed E-state index contributed by atoms with van der Waals surface area (Å²) < 4.78 is 7.65. The van der Waals surface area contributed by atoms with Gasteiger partial charge in [-0.05, 0) is 37.4 Å². The van der Waals surface area contributed by atoms with E-state index < -0.39 is 0 Å². The van der Waals surface area contributed by atoms with Crippen molar-refractivity contribution in [2.24, 2.45) is 7.05 Å². The van der Waals surface area contributed by atoms with Crippen LogP contribution in [0.15, 0.2) is 24.4 Å². The quantitative estimate of drug-likeness (QED) is 0.904. The van der Waals surface area contributed by atoms with Gasteiger partial charge in [0.05, 0.1) is 12.6 Å². The molecule has 108 valence electrons. The van der Waals surface area contributed by atoms with Crippen molar-refractivity contribution in [2.75, 3.05) is 13.7 Å². The topological polar surface area (TPSA) is 26.2 Å². The van der Waals surface area contributed by atoms with E-state index in [2.05, 4.69) is 35.3 Å². The number of rotatable bonds is 5. The van der Waals surface area contributed by atoms with E-state index in [9.17, 15) is 0 Å². The van der Waals surface area contributed by atoms with E-state index in [1.807, 2.05) is 6.07 Å². The average molecular weight is 272 g/mol. The van der Waals surface area contributed by atoms with E-state index in [-0.39, 0.29) is 0 Å². The predicted molar refractivity (Wildman–Crippen MR) is 83.4 cm³/mol. The molecule has 20 heavy (non-hydrogen) atoms. The number of aromatic nitrogens is 1. The molecule has 3 heteroatoms. The summed E-state index contributed by atoms with van der Waals surface area (Å²) in [6.45, 7) is 1.07. The number of benzene rings is 1. The van der Waals surface area contributed by atoms with E-state index in [1.54, 1.807) is 7.11 Å². The minimum absolute atomic E-state index is 0.750. The van der Waals surface area contributed by atoms with E-state index in [0.29, 0.717) is 0 Å². The molecule has 1 aromatic carbocycles. The molecule has 0 saturated heterocycles. The molecule has 1 aliphatic rings. The first-order valence-corrected chi connectivity index (χ1v) is 7.64. The van der Waals surface area contributed by atoms with Crippen molar-refractivity contribution in [2.45, 2.75) is 38.1 Å². The Bertz CT molecular complexity index is 582. The van der Waals surface area contributed by atoms with Crippen molar-refractivity contribution in [1.82, 2.24) is 9.88 Å². The summed E-state index contributed by atoms with van der Waals surface area (Å²) in [5, 5.41) is 5.01. The van der Waals surface area contributed by atoms with Crippen LogP contribution in [-0.2, 0) is 13.5 Å². The molecule has 1 fully saturated rings. The van der Waals surface area contributed by atoms with Crippen molar-refractivity contribution >= 4 is 10.9 Å². The van der Waals surface area contributed by atoms with Crippen LogP contribution >= 0.6 is 0 Å². The van der Waals surface area contributed by atoms with Crippen LogP contribution in [-0.4, -0.2) is 24.3 Å². The van der Waals surface area contributed by atoms with Crippen LogP contribution in [0.4, 0.5) is 0 Å². The summed E-state index contributed by atoms with van der Waals surface area (Å²) in [5.74, 6) is 0.958. The lowest BCUT2D eigenvalue weighted by Gasteiger charge is -2.11. The van der Waals surface area contributed by atoms with Crippen molar-refractivity contribution in [3.05, 3.63) is 30.0 Å². The Morgan fingerprint density at radius 1 is 1.30 bits per heavy atom. The maximum Gasteiger partial charge on any atom is 0.143 e. The number of methoxy groups -OCH3 is 1. The SMILES string of the molecule is COc1cccc2c(CCNC3CCCC3)cn(C)c12. The van der Waals surface area contributed by atoms with Gasteiger partial charge in [0.2, 0.25) is 0 Å². The molecule has 1 aromatic heterocycles. The molecule has 1 saturated carbocycles. The van der Waals surface area contributed by atoms with Gasteiger partial charge in [-0.15, -0.1) is 0 Å². The number of aryl methyl sites for hydroxylation is 1. The Morgan fingerprint density at radius 2 is 2.10 bits per heavy atom. The van der Waals surface area contributed by atoms with Gasteiger partial charge in [0.15, 0.2) is 0 Å². The molecule has 0 unspecified atom stereocenters. The van der Waals surface area contributed by atoms with Crippen molar-refractivity contribution in [3.63, 3.8) is 0 Å². The van der Waals surface area contributed by atoms with E-state index in [1.165, 1.54) is 42.1 Å². The first-order valence-electron chi connectivity index (χ1n) is 7.64. The van der Waals surface area contributed by atoms with Gasteiger partial charge in [-0.2, -0.15) is 0 Å². The lowest BCUT2D eigenvalue weighted by atomic mass is 10.1. The van der Waals surface area contributed by atoms with Crippen molar-refractivity contribution < 1.29 is 4.74 Å². The molecular weight excluding hydrogens is 248 g/mol. The highest BCUT2D eigenvalue weighted by Gasteiger charge is 2.15. The maximum atomic E-state index is 5.47. The van der Waals surface area contributed by atoms with Crippen LogP contribution in [0.2, 0.25) is 0 Å². The standard InChI is InChI=1S/C17H24N2O/c1-19-12-13(10-11-18-14-6-3-4-7-14)15-8-5-9-16(20-2)17(15)19/h5,8-9,12,14,18H,3-4,6-7,10-11H2,1-2H3. The second-order valence-electron chi connectivity index (χ2n) is 5.81. The molecule has 1 N–H and O–H groups in total. The number of nitrogens with one attached hydrogen (secondary N) is 1. The van der Waals surface area contributed by atoms with Gasteiger partial charge < -0.3 is 14.6 Å². The van der Waals surface area contributed by atoms with Gasteiger partial charge >= 0.3 is 0 Å². The summed E-state index contributed by atoms with van der Waals surface area (Å²) in [6, 6.07) is 7.06. The number of ether oxygens (including phenoxy) is 1. The van der Waals surface area contributed by atoms with Crippen LogP contribution in [0, 0.1) is 0 Å². The largest absolute Gasteiger partial charge is 0.495 e. The van der Waals surface area contributed by atoms with Crippen LogP contribution in [0.25, 0.3) is 10.9 Å². The zero-order valence-corrected chi connectivity index (χ0v) is 12.5. The third kappa shape index (κ3) is 2.55. The molecule has 0 radical (unpaired) electrons. The third-order valence-corrected chi connectivity index (χ3v) is 4.45. The Morgan fingerprint density at radius 3 is 2.85 bits per heavy atom. The van der Waals surface area contributed by atoms with Crippen molar-refractivity contribution in [1.29, 1.82) is 0 Å². The minimum Gasteiger partial charge on any atom is -0.495 e. The molecule has 0 atom stereocenters. The Hall–Kier alpha value is -1.48. The molecule has 1 heterocycles. The van der Waals surface area contributed by atoms with Gasteiger partial charge in [0, 0.05) is 24.7 Å². The van der Waals surface area contributed by atoms with Gasteiger partial charge in [0.25, 0.3) is 0 Å². The number of para-hydroxylation sites is 1. The first-order chi connectivity index (χ1) is 9.79. The summed E-state index contributed by atoms with van der Waals surface area (Å²) in [7, 11) is 3.84. The highest BCUT2D eigenvalue weighted by Crippen LogP contribution is 2.29. The predicted octanol–water partition coefficient (Wildman–Crippen LogP) is 3.26. The summed E-state index contributed by atoms with van der Waals surface area (Å²) in [6.07, 6.45) is 8.81. The zero-order valence-electron chi connectivity index (χ0n) is 12.5. The van der Waals surface area contributed by atoms with E-state index in [0.717, 1.165) is 24.8 Å². The fourth-order valence-corrected chi connectivity index (χ4v) is 3.42. The Balaban J connectivity index is 1.74. The van der Waals surface area contributed by atoms with Crippen LogP contribution in [0.3, 0.4) is 0 Å². The monoisotopic (exact) mass is 272 g/mol. The molecule has 0 spiro atoms. The van der Waals surface area contributed by atoms with Gasteiger partial charge in [-0.25, -0.2) is 0 Å². The van der Waals surface area contributed by atoms with Crippen LogP contribution in [0.5, 0.6) is 5.75 Å². The lowest BCUT2D eigenvalue weighted by molar-refractivity contribution is 0.418. The number of fused-ring (bicyclic) bond motifs is 1. The Labute approximate surface area is 120 Å². The smallest absolute Gasteiger partial charge is 0.143 e. The van der Waals surface area contributed by atoms with E-state index in [4.69, 9.17) is 4.74 Å². The van der Waals surface area contributed by atoms with Gasteiger partial charge in [-0.1, -0.05) is 25.0 Å². The number of nitrogens with zero attached hydrogens (tertiary/aromatic N) is 1. The molecule has 0 aliphatic heterocycles. The average Bonchev–Trinajstić information content (AvgIpc) is 3.08. The summed E-state index contributed by atoms with van der Waals surface area (Å²) >= 11 is 0. The summed E-state index contributed by atoms with van der Waals surface area (Å²) in [5.41, 5.74) is 2.61. The van der Waals surface area contributed by atoms with E-state index >= 15 is 0 Å².